The summed E-state index contributed by atoms with van der Waals surface area (Å²) in [6.45, 7) is 3.79. The first-order valence-corrected chi connectivity index (χ1v) is 12.8. The molecule has 0 spiro atoms. The summed E-state index contributed by atoms with van der Waals surface area (Å²) in [5.41, 5.74) is 5.07. The zero-order valence-corrected chi connectivity index (χ0v) is 20.2. The molecule has 0 aromatic heterocycles. The largest absolute Gasteiger partial charge is 0.315 e. The van der Waals surface area contributed by atoms with E-state index in [-0.39, 0.29) is 22.5 Å². The Kier molecular flexibility index (Phi) is 6.68. The summed E-state index contributed by atoms with van der Waals surface area (Å²) in [6.07, 6.45) is 0.383. The predicted octanol–water partition coefficient (Wildman–Crippen LogP) is 4.76. The van der Waals surface area contributed by atoms with E-state index >= 15 is 0 Å². The third-order valence-corrected chi connectivity index (χ3v) is 8.02. The molecule has 0 saturated heterocycles. The molecule has 0 fully saturated rings. The summed E-state index contributed by atoms with van der Waals surface area (Å²) >= 11 is 0. The van der Waals surface area contributed by atoms with E-state index in [1.165, 1.54) is 11.1 Å². The lowest BCUT2D eigenvalue weighted by Crippen LogP contribution is -2.27. The highest BCUT2D eigenvalue weighted by Gasteiger charge is 2.21. The van der Waals surface area contributed by atoms with E-state index in [9.17, 15) is 13.2 Å². The van der Waals surface area contributed by atoms with E-state index < -0.39 is 9.84 Å². The highest BCUT2D eigenvalue weighted by molar-refractivity contribution is 7.90. The molecule has 1 unspecified atom stereocenters. The Balaban J connectivity index is 1.42. The second kappa shape index (κ2) is 9.49. The Bertz CT molecular complexity index is 1240. The molecular formula is C27H30N2O3S. The molecule has 1 aliphatic rings. The molecule has 3 aromatic carbocycles. The van der Waals surface area contributed by atoms with Crippen molar-refractivity contribution in [2.45, 2.75) is 43.0 Å². The van der Waals surface area contributed by atoms with Crippen LogP contribution in [0, 0.1) is 0 Å². The van der Waals surface area contributed by atoms with Gasteiger partial charge in [0.05, 0.1) is 10.6 Å². The SMILES string of the molecule is CC(CC(=O)N(C)c1ccc(S(=O)(=O)Cc2ccc3c(c2)CN(C)C3)cc1)c1ccccc1. The van der Waals surface area contributed by atoms with Gasteiger partial charge in [-0.3, -0.25) is 9.69 Å². The lowest BCUT2D eigenvalue weighted by atomic mass is 9.97. The van der Waals surface area contributed by atoms with Gasteiger partial charge in [0.25, 0.3) is 0 Å². The first-order chi connectivity index (χ1) is 15.7. The third kappa shape index (κ3) is 5.34. The molecule has 1 aliphatic heterocycles. The molecule has 0 saturated carbocycles. The summed E-state index contributed by atoms with van der Waals surface area (Å²) in [6, 6.07) is 22.5. The standard InChI is InChI=1S/C27H30N2O3S/c1-20(22-7-5-4-6-8-22)15-27(30)29(3)25-11-13-26(14-12-25)33(31,32)19-21-9-10-23-17-28(2)18-24(23)16-21/h4-14,16,20H,15,17-19H2,1-3H3. The van der Waals surface area contributed by atoms with Crippen LogP contribution in [0.2, 0.25) is 0 Å². The van der Waals surface area contributed by atoms with Crippen LogP contribution in [0.3, 0.4) is 0 Å². The molecule has 3 aromatic rings. The van der Waals surface area contributed by atoms with Crippen LogP contribution in [0.4, 0.5) is 5.69 Å². The van der Waals surface area contributed by atoms with E-state index in [1.54, 1.807) is 36.2 Å². The number of benzene rings is 3. The Morgan fingerprint density at radius 3 is 2.33 bits per heavy atom. The maximum absolute atomic E-state index is 13.0. The highest BCUT2D eigenvalue weighted by atomic mass is 32.2. The molecule has 4 rings (SSSR count). The van der Waals surface area contributed by atoms with E-state index in [0.29, 0.717) is 12.1 Å². The third-order valence-electron chi connectivity index (χ3n) is 6.31. The Morgan fingerprint density at radius 2 is 1.64 bits per heavy atom. The van der Waals surface area contributed by atoms with Crippen LogP contribution in [0.1, 0.15) is 41.5 Å². The summed E-state index contributed by atoms with van der Waals surface area (Å²) in [5.74, 6) is 0.0603. The molecule has 172 valence electrons. The normalized spacial score (nSPS) is 14.6. The first-order valence-electron chi connectivity index (χ1n) is 11.2. The van der Waals surface area contributed by atoms with Gasteiger partial charge in [-0.25, -0.2) is 8.42 Å². The molecule has 0 bridgehead atoms. The van der Waals surface area contributed by atoms with Crippen molar-refractivity contribution in [2.75, 3.05) is 19.0 Å². The second-order valence-electron chi connectivity index (χ2n) is 9.00. The van der Waals surface area contributed by atoms with Crippen molar-refractivity contribution in [3.63, 3.8) is 0 Å². The maximum Gasteiger partial charge on any atom is 0.227 e. The van der Waals surface area contributed by atoms with Gasteiger partial charge in [0.1, 0.15) is 0 Å². The quantitative estimate of drug-likeness (QED) is 0.508. The maximum atomic E-state index is 13.0. The van der Waals surface area contributed by atoms with Crippen LogP contribution in [0.5, 0.6) is 0 Å². The molecule has 33 heavy (non-hydrogen) atoms. The van der Waals surface area contributed by atoms with E-state index in [1.807, 2.05) is 55.5 Å². The number of anilines is 1. The lowest BCUT2D eigenvalue weighted by Gasteiger charge is -2.20. The fourth-order valence-corrected chi connectivity index (χ4v) is 5.67. The van der Waals surface area contributed by atoms with Crippen molar-refractivity contribution in [3.05, 3.63) is 95.1 Å². The first kappa shape index (κ1) is 23.2. The van der Waals surface area contributed by atoms with Crippen LogP contribution in [-0.4, -0.2) is 33.3 Å². The highest BCUT2D eigenvalue weighted by Crippen LogP contribution is 2.26. The number of nitrogens with zero attached hydrogens (tertiary/aromatic N) is 2. The zero-order chi connectivity index (χ0) is 23.6. The smallest absolute Gasteiger partial charge is 0.227 e. The van der Waals surface area contributed by atoms with Crippen LogP contribution in [0.15, 0.2) is 77.7 Å². The van der Waals surface area contributed by atoms with Crippen molar-refractivity contribution in [3.8, 4) is 0 Å². The number of fused-ring (bicyclic) bond motifs is 1. The molecule has 1 amide bonds. The predicted molar refractivity (Wildman–Crippen MR) is 132 cm³/mol. The second-order valence-corrected chi connectivity index (χ2v) is 11.0. The van der Waals surface area contributed by atoms with E-state index in [2.05, 4.69) is 11.9 Å². The number of rotatable bonds is 7. The number of carbonyl (C=O) groups is 1. The van der Waals surface area contributed by atoms with Gasteiger partial charge in [0.2, 0.25) is 5.91 Å². The molecule has 0 radical (unpaired) electrons. The average molecular weight is 463 g/mol. The van der Waals surface area contributed by atoms with E-state index in [4.69, 9.17) is 0 Å². The minimum Gasteiger partial charge on any atom is -0.315 e. The average Bonchev–Trinajstić information content (AvgIpc) is 3.18. The van der Waals surface area contributed by atoms with Crippen molar-refractivity contribution < 1.29 is 13.2 Å². The van der Waals surface area contributed by atoms with Gasteiger partial charge in [0, 0.05) is 32.2 Å². The van der Waals surface area contributed by atoms with Crippen molar-refractivity contribution in [2.24, 2.45) is 0 Å². The van der Waals surface area contributed by atoms with Crippen LogP contribution in [0.25, 0.3) is 0 Å². The topological polar surface area (TPSA) is 57.7 Å². The molecule has 0 N–H and O–H groups in total. The van der Waals surface area contributed by atoms with Crippen molar-refractivity contribution in [1.82, 2.24) is 4.90 Å². The van der Waals surface area contributed by atoms with Gasteiger partial charge in [-0.15, -0.1) is 0 Å². The fourth-order valence-electron chi connectivity index (χ4n) is 4.33. The minimum atomic E-state index is -3.48. The Labute approximate surface area is 196 Å². The van der Waals surface area contributed by atoms with Gasteiger partial charge in [0.15, 0.2) is 9.84 Å². The zero-order valence-electron chi connectivity index (χ0n) is 19.4. The number of amides is 1. The number of carbonyl (C=O) groups excluding carboxylic acids is 1. The Morgan fingerprint density at radius 1 is 0.970 bits per heavy atom. The summed E-state index contributed by atoms with van der Waals surface area (Å²) in [5, 5.41) is 0. The van der Waals surface area contributed by atoms with Gasteiger partial charge in [-0.2, -0.15) is 0 Å². The van der Waals surface area contributed by atoms with Crippen molar-refractivity contribution in [1.29, 1.82) is 0 Å². The van der Waals surface area contributed by atoms with E-state index in [0.717, 1.165) is 24.2 Å². The molecule has 5 nitrogen and oxygen atoms in total. The lowest BCUT2D eigenvalue weighted by molar-refractivity contribution is -0.118. The number of hydrogen-bond donors (Lipinski definition) is 0. The molecule has 1 atom stereocenters. The van der Waals surface area contributed by atoms with Gasteiger partial charge in [-0.1, -0.05) is 55.5 Å². The van der Waals surface area contributed by atoms with Crippen LogP contribution < -0.4 is 4.90 Å². The van der Waals surface area contributed by atoms with Gasteiger partial charge < -0.3 is 4.90 Å². The van der Waals surface area contributed by atoms with Crippen molar-refractivity contribution >= 4 is 21.4 Å². The molecule has 0 aliphatic carbocycles. The summed E-state index contributed by atoms with van der Waals surface area (Å²) in [4.78, 5) is 16.8. The summed E-state index contributed by atoms with van der Waals surface area (Å²) < 4.78 is 26.0. The molecule has 6 heteroatoms. The summed E-state index contributed by atoms with van der Waals surface area (Å²) in [7, 11) is 0.306. The molecule has 1 heterocycles. The van der Waals surface area contributed by atoms with Gasteiger partial charge in [-0.05, 0) is 59.5 Å². The number of sulfone groups is 1. The Hall–Kier alpha value is -2.96. The number of hydrogen-bond acceptors (Lipinski definition) is 4. The fraction of sp³-hybridized carbons (Fsp3) is 0.296. The van der Waals surface area contributed by atoms with Gasteiger partial charge >= 0.3 is 0 Å². The molecular weight excluding hydrogens is 432 g/mol. The monoisotopic (exact) mass is 462 g/mol. The van der Waals surface area contributed by atoms with Crippen LogP contribution >= 0.6 is 0 Å². The minimum absolute atomic E-state index is 0.00920. The van der Waals surface area contributed by atoms with Crippen LogP contribution in [-0.2, 0) is 33.5 Å².